The van der Waals surface area contributed by atoms with E-state index in [2.05, 4.69) is 30.4 Å². The molecule has 0 bridgehead atoms. The highest BCUT2D eigenvalue weighted by Gasteiger charge is 2.23. The van der Waals surface area contributed by atoms with Gasteiger partial charge in [-0.25, -0.2) is 14.4 Å². The second-order valence-corrected chi connectivity index (χ2v) is 11.4. The minimum absolute atomic E-state index is 0.00299. The number of amides is 1. The summed E-state index contributed by atoms with van der Waals surface area (Å²) in [6.07, 6.45) is 8.36. The zero-order chi connectivity index (χ0) is 30.9. The minimum Gasteiger partial charge on any atom is -0.491 e. The molecule has 10 nitrogen and oxygen atoms in total. The number of halogens is 2. The third kappa shape index (κ3) is 9.10. The van der Waals surface area contributed by atoms with Crippen LogP contribution in [0.2, 0.25) is 5.02 Å². The van der Waals surface area contributed by atoms with E-state index < -0.39 is 5.82 Å². The molecule has 44 heavy (non-hydrogen) atoms. The van der Waals surface area contributed by atoms with Crippen molar-refractivity contribution in [3.63, 3.8) is 0 Å². The lowest BCUT2D eigenvalue weighted by Gasteiger charge is -2.34. The fourth-order valence-corrected chi connectivity index (χ4v) is 5.14. The average molecular weight is 625 g/mol. The molecule has 1 aromatic heterocycles. The molecule has 2 aliphatic rings. The number of piperazine rings is 1. The first-order valence-corrected chi connectivity index (χ1v) is 15.5. The van der Waals surface area contributed by atoms with E-state index in [1.165, 1.54) is 18.5 Å². The van der Waals surface area contributed by atoms with Crippen molar-refractivity contribution in [3.8, 4) is 5.75 Å². The maximum absolute atomic E-state index is 13.7. The summed E-state index contributed by atoms with van der Waals surface area (Å²) in [6.45, 7) is 7.98. The smallest absolute Gasteiger partial charge is 0.305 e. The van der Waals surface area contributed by atoms with Gasteiger partial charge in [0.05, 0.1) is 29.4 Å². The number of aromatic nitrogens is 2. The molecule has 2 fully saturated rings. The summed E-state index contributed by atoms with van der Waals surface area (Å²) >= 11 is 5.96. The molecule has 1 saturated carbocycles. The minimum atomic E-state index is -0.509. The Bertz CT molecular complexity index is 1490. The number of anilines is 3. The van der Waals surface area contributed by atoms with Gasteiger partial charge in [-0.05, 0) is 62.9 Å². The number of carbonyl (C=O) groups is 2. The molecule has 0 atom stereocenters. The highest BCUT2D eigenvalue weighted by molar-refractivity contribution is 6.31. The molecule has 5 rings (SSSR count). The second-order valence-electron chi connectivity index (χ2n) is 11.0. The number of nitrogens with one attached hydrogen (secondary N) is 2. The lowest BCUT2D eigenvalue weighted by atomic mass is 10.1. The zero-order valence-electron chi connectivity index (χ0n) is 24.9. The Kier molecular flexibility index (Phi) is 11.0. The van der Waals surface area contributed by atoms with Crippen molar-refractivity contribution < 1.29 is 23.5 Å². The van der Waals surface area contributed by atoms with Gasteiger partial charge in [0.25, 0.3) is 0 Å². The summed E-state index contributed by atoms with van der Waals surface area (Å²) in [5.74, 6) is 0.635. The van der Waals surface area contributed by atoms with Crippen LogP contribution < -0.4 is 15.4 Å². The fourth-order valence-electron chi connectivity index (χ4n) is 4.96. The monoisotopic (exact) mass is 624 g/mol. The first-order chi connectivity index (χ1) is 21.4. The van der Waals surface area contributed by atoms with Crippen LogP contribution >= 0.6 is 11.6 Å². The number of nitrogens with zero attached hydrogens (tertiary/aromatic N) is 4. The molecule has 2 heterocycles. The molecule has 0 unspecified atom stereocenters. The molecule has 1 aliphatic carbocycles. The van der Waals surface area contributed by atoms with E-state index in [0.717, 1.165) is 52.0 Å². The first kappa shape index (κ1) is 31.6. The Morgan fingerprint density at radius 3 is 2.66 bits per heavy atom. The van der Waals surface area contributed by atoms with E-state index in [1.54, 1.807) is 24.3 Å². The molecule has 1 saturated heterocycles. The van der Waals surface area contributed by atoms with Gasteiger partial charge in [-0.1, -0.05) is 17.7 Å². The number of hydrogen-bond acceptors (Lipinski definition) is 9. The quantitative estimate of drug-likeness (QED) is 0.180. The maximum atomic E-state index is 13.7. The van der Waals surface area contributed by atoms with Gasteiger partial charge in [-0.2, -0.15) is 0 Å². The lowest BCUT2D eigenvalue weighted by molar-refractivity contribution is -0.143. The van der Waals surface area contributed by atoms with Crippen LogP contribution in [-0.4, -0.2) is 84.1 Å². The van der Waals surface area contributed by atoms with Gasteiger partial charge in [0.1, 0.15) is 23.7 Å². The molecule has 1 amide bonds. The maximum Gasteiger partial charge on any atom is 0.305 e. The summed E-state index contributed by atoms with van der Waals surface area (Å²) < 4.78 is 24.8. The largest absolute Gasteiger partial charge is 0.491 e. The third-order valence-electron chi connectivity index (χ3n) is 7.61. The molecule has 2 aromatic carbocycles. The summed E-state index contributed by atoms with van der Waals surface area (Å²) in [5, 5.41) is 6.80. The van der Waals surface area contributed by atoms with Crippen molar-refractivity contribution in [2.75, 3.05) is 63.1 Å². The first-order valence-electron chi connectivity index (χ1n) is 15.1. The molecular weight excluding hydrogens is 587 g/mol. The van der Waals surface area contributed by atoms with Gasteiger partial charge in [0.15, 0.2) is 0 Å². The molecule has 0 radical (unpaired) electrons. The van der Waals surface area contributed by atoms with Crippen molar-refractivity contribution in [3.05, 3.63) is 59.7 Å². The van der Waals surface area contributed by atoms with Crippen LogP contribution in [0.1, 0.15) is 32.6 Å². The van der Waals surface area contributed by atoms with Gasteiger partial charge >= 0.3 is 5.97 Å². The summed E-state index contributed by atoms with van der Waals surface area (Å²) in [5.41, 5.74) is 1.71. The predicted molar refractivity (Wildman–Crippen MR) is 169 cm³/mol. The summed E-state index contributed by atoms with van der Waals surface area (Å²) in [7, 11) is 0. The van der Waals surface area contributed by atoms with Crippen LogP contribution in [0, 0.1) is 11.7 Å². The Labute approximate surface area is 261 Å². The van der Waals surface area contributed by atoms with Gasteiger partial charge < -0.3 is 25.0 Å². The number of hydrogen-bond donors (Lipinski definition) is 2. The van der Waals surface area contributed by atoms with E-state index >= 15 is 0 Å². The molecular formula is C32H38ClFN6O4. The van der Waals surface area contributed by atoms with Crippen molar-refractivity contribution in [1.29, 1.82) is 0 Å². The van der Waals surface area contributed by atoms with Crippen LogP contribution in [0.25, 0.3) is 10.9 Å². The highest BCUT2D eigenvalue weighted by Crippen LogP contribution is 2.36. The summed E-state index contributed by atoms with van der Waals surface area (Å²) in [4.78, 5) is 38.0. The number of ether oxygens (including phenoxy) is 2. The third-order valence-corrected chi connectivity index (χ3v) is 7.90. The number of fused-ring (bicyclic) bond motifs is 1. The Morgan fingerprint density at radius 1 is 1.11 bits per heavy atom. The fraction of sp³-hybridized carbons (Fsp3) is 0.438. The van der Waals surface area contributed by atoms with Crippen LogP contribution in [-0.2, 0) is 14.3 Å². The normalized spacial score (nSPS) is 15.9. The van der Waals surface area contributed by atoms with Gasteiger partial charge in [0, 0.05) is 62.4 Å². The molecule has 12 heteroatoms. The van der Waals surface area contributed by atoms with E-state index in [9.17, 15) is 14.0 Å². The van der Waals surface area contributed by atoms with E-state index in [4.69, 9.17) is 21.1 Å². The van der Waals surface area contributed by atoms with E-state index in [1.807, 2.05) is 13.0 Å². The predicted octanol–water partition coefficient (Wildman–Crippen LogP) is 5.41. The number of esters is 1. The summed E-state index contributed by atoms with van der Waals surface area (Å²) in [6, 6.07) is 7.93. The van der Waals surface area contributed by atoms with Crippen LogP contribution in [0.5, 0.6) is 5.75 Å². The van der Waals surface area contributed by atoms with Crippen LogP contribution in [0.15, 0.2) is 48.8 Å². The van der Waals surface area contributed by atoms with Crippen molar-refractivity contribution in [2.45, 2.75) is 32.6 Å². The van der Waals surface area contributed by atoms with E-state index in [-0.39, 0.29) is 16.9 Å². The SMILES string of the molecule is CCOC(=O)CCCN1CCN(C/C=C/C(=O)Nc2cc3c(Nc4ccc(F)c(Cl)c4)ncnc3cc2OCC2CC2)CC1. The number of benzene rings is 2. The Hall–Kier alpha value is -3.80. The second kappa shape index (κ2) is 15.3. The van der Waals surface area contributed by atoms with Crippen molar-refractivity contribution in [2.24, 2.45) is 5.92 Å². The molecule has 234 valence electrons. The van der Waals surface area contributed by atoms with Gasteiger partial charge in [-0.15, -0.1) is 0 Å². The average Bonchev–Trinajstić information content (AvgIpc) is 3.84. The standard InChI is InChI=1S/C32H38ClFN6O4/c1-2-43-31(42)6-4-12-40-15-13-39(14-16-40)11-3-5-30(41)38-28-18-24-27(19-29(28)44-20-22-7-8-22)35-21-36-32(24)37-23-9-10-26(34)25(33)17-23/h3,5,9-10,17-19,21-22H,2,4,6-8,11-16,20H2,1H3,(H,38,41)(H,35,36,37)/b5-3+. The molecule has 2 N–H and O–H groups in total. The number of rotatable bonds is 14. The highest BCUT2D eigenvalue weighted by atomic mass is 35.5. The number of carbonyl (C=O) groups excluding carboxylic acids is 2. The van der Waals surface area contributed by atoms with Crippen molar-refractivity contribution in [1.82, 2.24) is 19.8 Å². The van der Waals surface area contributed by atoms with Gasteiger partial charge in [0.2, 0.25) is 5.91 Å². The molecule has 3 aromatic rings. The lowest BCUT2D eigenvalue weighted by Crippen LogP contribution is -2.46. The van der Waals surface area contributed by atoms with E-state index in [0.29, 0.717) is 65.9 Å². The van der Waals surface area contributed by atoms with Crippen LogP contribution in [0.3, 0.4) is 0 Å². The van der Waals surface area contributed by atoms with Crippen molar-refractivity contribution >= 4 is 51.6 Å². The zero-order valence-corrected chi connectivity index (χ0v) is 25.6. The molecule has 1 aliphatic heterocycles. The van der Waals surface area contributed by atoms with Gasteiger partial charge in [-0.3, -0.25) is 14.5 Å². The topological polar surface area (TPSA) is 109 Å². The molecule has 0 spiro atoms. The van der Waals surface area contributed by atoms with Crippen LogP contribution in [0.4, 0.5) is 21.6 Å². The Balaban J connectivity index is 1.20. The Morgan fingerprint density at radius 2 is 1.91 bits per heavy atom.